The summed E-state index contributed by atoms with van der Waals surface area (Å²) in [5, 5.41) is 3.08. The quantitative estimate of drug-likeness (QED) is 0.784. The highest BCUT2D eigenvalue weighted by Gasteiger charge is 2.18. The van der Waals surface area contributed by atoms with E-state index in [0.717, 1.165) is 37.4 Å². The zero-order chi connectivity index (χ0) is 12.8. The lowest BCUT2D eigenvalue weighted by atomic mass is 10.3. The van der Waals surface area contributed by atoms with Crippen molar-refractivity contribution in [2.75, 3.05) is 32.1 Å². The van der Waals surface area contributed by atoms with Crippen molar-refractivity contribution in [2.24, 2.45) is 0 Å². The number of amides is 1. The first-order chi connectivity index (χ1) is 8.79. The van der Waals surface area contributed by atoms with Crippen molar-refractivity contribution in [1.82, 2.24) is 4.90 Å². The van der Waals surface area contributed by atoms with Gasteiger partial charge in [0.1, 0.15) is 5.75 Å². The van der Waals surface area contributed by atoms with Gasteiger partial charge >= 0.3 is 0 Å². The summed E-state index contributed by atoms with van der Waals surface area (Å²) >= 11 is 0. The summed E-state index contributed by atoms with van der Waals surface area (Å²) in [6.45, 7) is 2.37. The van der Waals surface area contributed by atoms with Crippen molar-refractivity contribution in [3.8, 4) is 5.75 Å². The number of nitrogens with zero attached hydrogens (tertiary/aromatic N) is 1. The number of carbonyl (C=O) groups is 1. The topological polar surface area (TPSA) is 41.6 Å². The van der Waals surface area contributed by atoms with E-state index in [1.165, 1.54) is 0 Å². The maximum absolute atomic E-state index is 11.4. The van der Waals surface area contributed by atoms with E-state index in [1.807, 2.05) is 36.2 Å². The number of ether oxygens (including phenoxy) is 1. The van der Waals surface area contributed by atoms with Gasteiger partial charge in [-0.05, 0) is 25.0 Å². The predicted molar refractivity (Wildman–Crippen MR) is 71.9 cm³/mol. The van der Waals surface area contributed by atoms with Gasteiger partial charge in [0.25, 0.3) is 0 Å². The molecule has 0 spiro atoms. The molecule has 1 fully saturated rings. The molecule has 0 bridgehead atoms. The molecule has 0 aromatic heterocycles. The second kappa shape index (κ2) is 6.28. The number of hydrogen-bond donors (Lipinski definition) is 1. The molecule has 0 saturated carbocycles. The molecule has 1 aromatic carbocycles. The Balaban J connectivity index is 1.70. The number of anilines is 1. The minimum Gasteiger partial charge on any atom is -0.493 e. The van der Waals surface area contributed by atoms with Gasteiger partial charge in [-0.1, -0.05) is 6.07 Å². The summed E-state index contributed by atoms with van der Waals surface area (Å²) in [4.78, 5) is 13.3. The van der Waals surface area contributed by atoms with Crippen LogP contribution in [0.2, 0.25) is 0 Å². The maximum Gasteiger partial charge on any atom is 0.222 e. The zero-order valence-electron chi connectivity index (χ0n) is 10.8. The standard InChI is InChI=1S/C14H20N2O2/c1-15-12-5-2-6-13(11-12)18-10-4-9-16-8-3-7-14(16)17/h2,5-6,11,15H,3-4,7-10H2,1H3. The van der Waals surface area contributed by atoms with Crippen LogP contribution >= 0.6 is 0 Å². The van der Waals surface area contributed by atoms with E-state index in [0.29, 0.717) is 13.0 Å². The van der Waals surface area contributed by atoms with Crippen LogP contribution in [0.15, 0.2) is 24.3 Å². The smallest absolute Gasteiger partial charge is 0.222 e. The monoisotopic (exact) mass is 248 g/mol. The molecule has 1 heterocycles. The Labute approximate surface area is 108 Å². The third-order valence-corrected chi connectivity index (χ3v) is 3.14. The largest absolute Gasteiger partial charge is 0.493 e. The van der Waals surface area contributed by atoms with Gasteiger partial charge < -0.3 is 15.0 Å². The summed E-state index contributed by atoms with van der Waals surface area (Å²) in [7, 11) is 1.89. The Morgan fingerprint density at radius 2 is 2.33 bits per heavy atom. The lowest BCUT2D eigenvalue weighted by Crippen LogP contribution is -2.26. The van der Waals surface area contributed by atoms with Crippen molar-refractivity contribution in [3.63, 3.8) is 0 Å². The Kier molecular flexibility index (Phi) is 4.45. The third kappa shape index (κ3) is 3.39. The number of carbonyl (C=O) groups excluding carboxylic acids is 1. The third-order valence-electron chi connectivity index (χ3n) is 3.14. The van der Waals surface area contributed by atoms with Crippen molar-refractivity contribution < 1.29 is 9.53 Å². The molecule has 1 aromatic rings. The fourth-order valence-electron chi connectivity index (χ4n) is 2.13. The second-order valence-electron chi connectivity index (χ2n) is 4.46. The summed E-state index contributed by atoms with van der Waals surface area (Å²) in [6.07, 6.45) is 2.60. The van der Waals surface area contributed by atoms with Gasteiger partial charge in [0, 0.05) is 38.3 Å². The van der Waals surface area contributed by atoms with E-state index in [1.54, 1.807) is 0 Å². The van der Waals surface area contributed by atoms with Crippen LogP contribution in [0.1, 0.15) is 19.3 Å². The van der Waals surface area contributed by atoms with Crippen molar-refractivity contribution in [3.05, 3.63) is 24.3 Å². The zero-order valence-corrected chi connectivity index (χ0v) is 10.8. The average Bonchev–Trinajstić information content (AvgIpc) is 2.81. The fraction of sp³-hybridized carbons (Fsp3) is 0.500. The van der Waals surface area contributed by atoms with E-state index < -0.39 is 0 Å². The van der Waals surface area contributed by atoms with E-state index in [4.69, 9.17) is 4.74 Å². The van der Waals surface area contributed by atoms with Gasteiger partial charge in [-0.3, -0.25) is 4.79 Å². The van der Waals surface area contributed by atoms with E-state index in [2.05, 4.69) is 5.32 Å². The minimum atomic E-state index is 0.284. The summed E-state index contributed by atoms with van der Waals surface area (Å²) in [5.41, 5.74) is 1.04. The highest BCUT2D eigenvalue weighted by atomic mass is 16.5. The van der Waals surface area contributed by atoms with Gasteiger partial charge in [-0.2, -0.15) is 0 Å². The summed E-state index contributed by atoms with van der Waals surface area (Å²) < 4.78 is 5.67. The molecular weight excluding hydrogens is 228 g/mol. The molecule has 4 heteroatoms. The Bertz CT molecular complexity index is 407. The molecule has 1 amide bonds. The van der Waals surface area contributed by atoms with Crippen LogP contribution in [0, 0.1) is 0 Å². The molecule has 18 heavy (non-hydrogen) atoms. The van der Waals surface area contributed by atoms with E-state index >= 15 is 0 Å². The lowest BCUT2D eigenvalue weighted by molar-refractivity contribution is -0.127. The molecule has 1 aliphatic heterocycles. The Morgan fingerprint density at radius 1 is 1.44 bits per heavy atom. The first-order valence-electron chi connectivity index (χ1n) is 6.48. The first kappa shape index (κ1) is 12.7. The molecular formula is C14H20N2O2. The number of benzene rings is 1. The van der Waals surface area contributed by atoms with Crippen LogP contribution in [-0.4, -0.2) is 37.6 Å². The molecule has 0 radical (unpaired) electrons. The molecule has 98 valence electrons. The molecule has 0 atom stereocenters. The van der Waals surface area contributed by atoms with Crippen LogP contribution < -0.4 is 10.1 Å². The van der Waals surface area contributed by atoms with Crippen molar-refractivity contribution >= 4 is 11.6 Å². The summed E-state index contributed by atoms with van der Waals surface area (Å²) in [6, 6.07) is 7.88. The van der Waals surface area contributed by atoms with Gasteiger partial charge in [0.2, 0.25) is 5.91 Å². The predicted octanol–water partition coefficient (Wildman–Crippen LogP) is 2.12. The number of hydrogen-bond acceptors (Lipinski definition) is 3. The Morgan fingerprint density at radius 3 is 3.06 bits per heavy atom. The van der Waals surface area contributed by atoms with Crippen LogP contribution in [0.4, 0.5) is 5.69 Å². The van der Waals surface area contributed by atoms with Crippen LogP contribution in [0.25, 0.3) is 0 Å². The van der Waals surface area contributed by atoms with Crippen LogP contribution in [-0.2, 0) is 4.79 Å². The lowest BCUT2D eigenvalue weighted by Gasteiger charge is -2.15. The normalized spacial score (nSPS) is 14.9. The molecule has 1 N–H and O–H groups in total. The number of rotatable bonds is 6. The van der Waals surface area contributed by atoms with E-state index in [9.17, 15) is 4.79 Å². The van der Waals surface area contributed by atoms with Crippen LogP contribution in [0.5, 0.6) is 5.75 Å². The average molecular weight is 248 g/mol. The second-order valence-corrected chi connectivity index (χ2v) is 4.46. The van der Waals surface area contributed by atoms with E-state index in [-0.39, 0.29) is 5.91 Å². The SMILES string of the molecule is CNc1cccc(OCCCN2CCCC2=O)c1. The van der Waals surface area contributed by atoms with Crippen molar-refractivity contribution in [2.45, 2.75) is 19.3 Å². The molecule has 1 aliphatic rings. The van der Waals surface area contributed by atoms with Gasteiger partial charge in [-0.25, -0.2) is 0 Å². The molecule has 0 aliphatic carbocycles. The molecule has 0 unspecified atom stereocenters. The molecule has 4 nitrogen and oxygen atoms in total. The van der Waals surface area contributed by atoms with Gasteiger partial charge in [0.15, 0.2) is 0 Å². The fourth-order valence-corrected chi connectivity index (χ4v) is 2.13. The van der Waals surface area contributed by atoms with Gasteiger partial charge in [-0.15, -0.1) is 0 Å². The highest BCUT2D eigenvalue weighted by Crippen LogP contribution is 2.17. The number of likely N-dealkylation sites (tertiary alicyclic amines) is 1. The Hall–Kier alpha value is -1.71. The van der Waals surface area contributed by atoms with Gasteiger partial charge in [0.05, 0.1) is 6.61 Å². The first-order valence-corrected chi connectivity index (χ1v) is 6.48. The molecule has 2 rings (SSSR count). The maximum atomic E-state index is 11.4. The summed E-state index contributed by atoms with van der Waals surface area (Å²) in [5.74, 6) is 1.15. The minimum absolute atomic E-state index is 0.284. The van der Waals surface area contributed by atoms with Crippen molar-refractivity contribution in [1.29, 1.82) is 0 Å². The molecule has 1 saturated heterocycles. The number of nitrogens with one attached hydrogen (secondary N) is 1. The van der Waals surface area contributed by atoms with Crippen LogP contribution in [0.3, 0.4) is 0 Å². The highest BCUT2D eigenvalue weighted by molar-refractivity contribution is 5.77.